The zero-order chi connectivity index (χ0) is 8.55. The molecule has 1 aromatic rings. The Kier molecular flexibility index (Phi) is 1.84. The smallest absolute Gasteiger partial charge is 0.253 e. The zero-order valence-corrected chi connectivity index (χ0v) is 7.89. The lowest BCUT2D eigenvalue weighted by molar-refractivity contribution is 0.0945. The van der Waals surface area contributed by atoms with Gasteiger partial charge < -0.3 is 5.32 Å². The van der Waals surface area contributed by atoms with E-state index < -0.39 is 0 Å². The van der Waals surface area contributed by atoms with Crippen LogP contribution in [0.4, 0.5) is 0 Å². The van der Waals surface area contributed by atoms with E-state index in [2.05, 4.69) is 26.2 Å². The number of hydrogen-bond acceptors (Lipinski definition) is 2. The maximum Gasteiger partial charge on any atom is 0.253 e. The van der Waals surface area contributed by atoms with Crippen molar-refractivity contribution in [2.45, 2.75) is 6.42 Å². The molecule has 0 bridgehead atoms. The Hall–Kier alpha value is -0.900. The van der Waals surface area contributed by atoms with Gasteiger partial charge in [-0.25, -0.2) is 4.98 Å². The molecular formula is C8H7BrN2O. The number of pyridine rings is 1. The van der Waals surface area contributed by atoms with Gasteiger partial charge in [-0.15, -0.1) is 0 Å². The van der Waals surface area contributed by atoms with Gasteiger partial charge in [-0.05, 0) is 28.1 Å². The second kappa shape index (κ2) is 2.86. The lowest BCUT2D eigenvalue weighted by atomic mass is 10.1. The van der Waals surface area contributed by atoms with E-state index in [9.17, 15) is 4.79 Å². The SMILES string of the molecule is O=C1NCCc2nc(Br)ccc21. The molecule has 0 saturated heterocycles. The van der Waals surface area contributed by atoms with Crippen LogP contribution in [0.3, 0.4) is 0 Å². The molecule has 1 aromatic heterocycles. The highest BCUT2D eigenvalue weighted by molar-refractivity contribution is 9.10. The molecule has 0 saturated carbocycles. The van der Waals surface area contributed by atoms with Gasteiger partial charge in [-0.2, -0.15) is 0 Å². The van der Waals surface area contributed by atoms with Gasteiger partial charge in [0.05, 0.1) is 11.3 Å². The maximum atomic E-state index is 11.2. The minimum Gasteiger partial charge on any atom is -0.352 e. The quantitative estimate of drug-likeness (QED) is 0.675. The van der Waals surface area contributed by atoms with Crippen molar-refractivity contribution < 1.29 is 4.79 Å². The van der Waals surface area contributed by atoms with Gasteiger partial charge in [0.1, 0.15) is 4.60 Å². The number of hydrogen-bond donors (Lipinski definition) is 1. The van der Waals surface area contributed by atoms with Gasteiger partial charge in [-0.3, -0.25) is 4.79 Å². The number of carbonyl (C=O) groups is 1. The highest BCUT2D eigenvalue weighted by Gasteiger charge is 2.16. The molecule has 1 aliphatic heterocycles. The number of amides is 1. The molecule has 0 aromatic carbocycles. The van der Waals surface area contributed by atoms with Crippen molar-refractivity contribution in [2.24, 2.45) is 0 Å². The lowest BCUT2D eigenvalue weighted by Gasteiger charge is -2.14. The first-order valence-corrected chi connectivity index (χ1v) is 4.50. The number of nitrogens with one attached hydrogen (secondary N) is 1. The highest BCUT2D eigenvalue weighted by atomic mass is 79.9. The first-order chi connectivity index (χ1) is 5.77. The van der Waals surface area contributed by atoms with Gasteiger partial charge in [0, 0.05) is 13.0 Å². The van der Waals surface area contributed by atoms with E-state index >= 15 is 0 Å². The van der Waals surface area contributed by atoms with Crippen molar-refractivity contribution in [3.63, 3.8) is 0 Å². The summed E-state index contributed by atoms with van der Waals surface area (Å²) in [6.45, 7) is 0.690. The number of halogens is 1. The first-order valence-electron chi connectivity index (χ1n) is 3.71. The van der Waals surface area contributed by atoms with Gasteiger partial charge in [0.15, 0.2) is 0 Å². The summed E-state index contributed by atoms with van der Waals surface area (Å²) >= 11 is 3.27. The second-order valence-electron chi connectivity index (χ2n) is 2.63. The molecule has 62 valence electrons. The van der Waals surface area contributed by atoms with Crippen molar-refractivity contribution in [1.82, 2.24) is 10.3 Å². The third-order valence-electron chi connectivity index (χ3n) is 1.83. The monoisotopic (exact) mass is 226 g/mol. The van der Waals surface area contributed by atoms with Crippen LogP contribution in [0.2, 0.25) is 0 Å². The summed E-state index contributed by atoms with van der Waals surface area (Å²) in [6.07, 6.45) is 0.820. The van der Waals surface area contributed by atoms with E-state index in [0.717, 1.165) is 16.7 Å². The van der Waals surface area contributed by atoms with Crippen LogP contribution in [0.25, 0.3) is 0 Å². The number of nitrogens with zero attached hydrogens (tertiary/aromatic N) is 1. The number of fused-ring (bicyclic) bond motifs is 1. The number of rotatable bonds is 0. The molecule has 1 N–H and O–H groups in total. The molecule has 3 nitrogen and oxygen atoms in total. The molecule has 4 heteroatoms. The van der Waals surface area contributed by atoms with Crippen molar-refractivity contribution in [1.29, 1.82) is 0 Å². The van der Waals surface area contributed by atoms with Crippen molar-refractivity contribution in [2.75, 3.05) is 6.54 Å². The van der Waals surface area contributed by atoms with Crippen molar-refractivity contribution >= 4 is 21.8 Å². The third kappa shape index (κ3) is 1.22. The predicted octanol–water partition coefficient (Wildman–Crippen LogP) is 1.13. The van der Waals surface area contributed by atoms with E-state index in [0.29, 0.717) is 12.1 Å². The summed E-state index contributed by atoms with van der Waals surface area (Å²) in [5, 5.41) is 2.76. The van der Waals surface area contributed by atoms with Crippen molar-refractivity contribution in [3.8, 4) is 0 Å². The highest BCUT2D eigenvalue weighted by Crippen LogP contribution is 2.14. The van der Waals surface area contributed by atoms with Gasteiger partial charge in [0.25, 0.3) is 5.91 Å². The summed E-state index contributed by atoms with van der Waals surface area (Å²) in [5.41, 5.74) is 1.58. The first kappa shape index (κ1) is 7.73. The van der Waals surface area contributed by atoms with E-state index in [1.807, 2.05) is 0 Å². The van der Waals surface area contributed by atoms with E-state index in [1.54, 1.807) is 12.1 Å². The van der Waals surface area contributed by atoms with Crippen LogP contribution in [-0.2, 0) is 6.42 Å². The fourth-order valence-corrected chi connectivity index (χ4v) is 1.61. The second-order valence-corrected chi connectivity index (χ2v) is 3.45. The van der Waals surface area contributed by atoms with Gasteiger partial charge >= 0.3 is 0 Å². The summed E-state index contributed by atoms with van der Waals surface area (Å²) in [6, 6.07) is 3.57. The Balaban J connectivity index is 2.53. The zero-order valence-electron chi connectivity index (χ0n) is 6.30. The summed E-state index contributed by atoms with van der Waals surface area (Å²) < 4.78 is 0.788. The predicted molar refractivity (Wildman–Crippen MR) is 48.0 cm³/mol. The molecule has 12 heavy (non-hydrogen) atoms. The third-order valence-corrected chi connectivity index (χ3v) is 2.27. The summed E-state index contributed by atoms with van der Waals surface area (Å²) in [4.78, 5) is 15.5. The topological polar surface area (TPSA) is 42.0 Å². The number of aromatic nitrogens is 1. The van der Waals surface area contributed by atoms with Crippen LogP contribution >= 0.6 is 15.9 Å². The Morgan fingerprint density at radius 3 is 3.17 bits per heavy atom. The molecule has 0 radical (unpaired) electrons. The van der Waals surface area contributed by atoms with Crippen molar-refractivity contribution in [3.05, 3.63) is 28.0 Å². The van der Waals surface area contributed by atoms with Crippen LogP contribution in [0.1, 0.15) is 16.1 Å². The molecule has 0 unspecified atom stereocenters. The Labute approximate surface area is 78.3 Å². The molecule has 1 aliphatic rings. The maximum absolute atomic E-state index is 11.2. The Morgan fingerprint density at radius 2 is 2.33 bits per heavy atom. The fourth-order valence-electron chi connectivity index (χ4n) is 1.26. The molecule has 1 amide bonds. The van der Waals surface area contributed by atoms with Crippen LogP contribution in [0, 0.1) is 0 Å². The molecule has 2 heterocycles. The van der Waals surface area contributed by atoms with E-state index in [-0.39, 0.29) is 5.91 Å². The van der Waals surface area contributed by atoms with Crippen LogP contribution < -0.4 is 5.32 Å². The Morgan fingerprint density at radius 1 is 1.50 bits per heavy atom. The standard InChI is InChI=1S/C8H7BrN2O/c9-7-2-1-5-6(11-7)3-4-10-8(5)12/h1-2H,3-4H2,(H,10,12). The van der Waals surface area contributed by atoms with Gasteiger partial charge in [0.2, 0.25) is 0 Å². The minimum atomic E-state index is -0.0174. The van der Waals surface area contributed by atoms with E-state index in [4.69, 9.17) is 0 Å². The van der Waals surface area contributed by atoms with Crippen LogP contribution in [0.5, 0.6) is 0 Å². The lowest BCUT2D eigenvalue weighted by Crippen LogP contribution is -2.32. The molecule has 0 aliphatic carbocycles. The fraction of sp³-hybridized carbons (Fsp3) is 0.250. The molecule has 0 fully saturated rings. The van der Waals surface area contributed by atoms with Crippen LogP contribution in [-0.4, -0.2) is 17.4 Å². The average molecular weight is 227 g/mol. The molecular weight excluding hydrogens is 220 g/mol. The minimum absolute atomic E-state index is 0.0174. The summed E-state index contributed by atoms with van der Waals surface area (Å²) in [5.74, 6) is -0.0174. The molecule has 2 rings (SSSR count). The van der Waals surface area contributed by atoms with Crippen LogP contribution in [0.15, 0.2) is 16.7 Å². The van der Waals surface area contributed by atoms with E-state index in [1.165, 1.54) is 0 Å². The molecule has 0 spiro atoms. The number of carbonyl (C=O) groups excluding carboxylic acids is 1. The normalized spacial score (nSPS) is 15.2. The summed E-state index contributed by atoms with van der Waals surface area (Å²) in [7, 11) is 0. The largest absolute Gasteiger partial charge is 0.352 e. The molecule has 0 atom stereocenters. The van der Waals surface area contributed by atoms with Gasteiger partial charge in [-0.1, -0.05) is 0 Å². The Bertz CT molecular complexity index is 338. The average Bonchev–Trinajstić information content (AvgIpc) is 2.04.